The van der Waals surface area contributed by atoms with Crippen molar-refractivity contribution in [2.45, 2.75) is 45.3 Å². The van der Waals surface area contributed by atoms with E-state index in [2.05, 4.69) is 6.58 Å². The third kappa shape index (κ3) is 5.54. The molecule has 0 saturated heterocycles. The number of ether oxygens (including phenoxy) is 1. The van der Waals surface area contributed by atoms with Crippen LogP contribution in [0.1, 0.15) is 34.1 Å². The van der Waals surface area contributed by atoms with Crippen LogP contribution in [0, 0.1) is 0 Å². The maximum absolute atomic E-state index is 11.4. The molecule has 0 aromatic rings. The number of hydrogen-bond donors (Lipinski definition) is 2. The Balaban J connectivity index is 4.35. The van der Waals surface area contributed by atoms with E-state index in [0.29, 0.717) is 0 Å². The van der Waals surface area contributed by atoms with E-state index >= 15 is 0 Å². The highest BCUT2D eigenvalue weighted by Gasteiger charge is 2.29. The van der Waals surface area contributed by atoms with E-state index < -0.39 is 17.2 Å². The summed E-state index contributed by atoms with van der Waals surface area (Å²) in [6.07, 6.45) is -0.205. The van der Waals surface area contributed by atoms with Crippen molar-refractivity contribution in [2.75, 3.05) is 6.61 Å². The highest BCUT2D eigenvalue weighted by atomic mass is 16.6. The van der Waals surface area contributed by atoms with Gasteiger partial charge in [0.15, 0.2) is 0 Å². The molecule has 15 heavy (non-hydrogen) atoms. The first-order chi connectivity index (χ1) is 6.58. The normalized spacial score (nSPS) is 15.6. The van der Waals surface area contributed by atoms with Crippen LogP contribution in [0.15, 0.2) is 12.2 Å². The molecular weight excluding hydrogens is 196 g/mol. The highest BCUT2D eigenvalue weighted by Crippen LogP contribution is 2.20. The van der Waals surface area contributed by atoms with Gasteiger partial charge in [0.1, 0.15) is 5.60 Å². The Morgan fingerprint density at radius 1 is 1.33 bits per heavy atom. The fraction of sp³-hybridized carbons (Fsp3) is 0.727. The first kappa shape index (κ1) is 14.1. The molecule has 0 heterocycles. The van der Waals surface area contributed by atoms with Crippen LogP contribution in [-0.4, -0.2) is 34.0 Å². The molecule has 0 rings (SSSR count). The predicted molar refractivity (Wildman–Crippen MR) is 57.3 cm³/mol. The van der Waals surface area contributed by atoms with Crippen molar-refractivity contribution in [3.05, 3.63) is 12.2 Å². The molecule has 1 unspecified atom stereocenters. The molecule has 1 atom stereocenters. The summed E-state index contributed by atoms with van der Waals surface area (Å²) < 4.78 is 5.05. The first-order valence-corrected chi connectivity index (χ1v) is 4.82. The monoisotopic (exact) mass is 216 g/mol. The standard InChI is InChI=1S/C11H20O4/c1-8(7-12)11(5,14)6-9(13)15-10(2,3)4/h12,14H,1,6-7H2,2-5H3. The van der Waals surface area contributed by atoms with Gasteiger partial charge in [-0.05, 0) is 33.3 Å². The summed E-state index contributed by atoms with van der Waals surface area (Å²) in [6.45, 7) is 9.81. The van der Waals surface area contributed by atoms with Gasteiger partial charge in [-0.25, -0.2) is 0 Å². The van der Waals surface area contributed by atoms with Gasteiger partial charge in [0.2, 0.25) is 0 Å². The molecule has 0 aromatic carbocycles. The number of aliphatic hydroxyl groups is 2. The van der Waals surface area contributed by atoms with Crippen LogP contribution in [0.3, 0.4) is 0 Å². The number of esters is 1. The molecule has 0 fully saturated rings. The molecule has 2 N–H and O–H groups in total. The van der Waals surface area contributed by atoms with E-state index in [-0.39, 0.29) is 18.6 Å². The molecule has 4 heteroatoms. The highest BCUT2D eigenvalue weighted by molar-refractivity contribution is 5.71. The van der Waals surface area contributed by atoms with E-state index in [0.717, 1.165) is 0 Å². The lowest BCUT2D eigenvalue weighted by molar-refractivity contribution is -0.158. The lowest BCUT2D eigenvalue weighted by Gasteiger charge is -2.26. The number of hydrogen-bond acceptors (Lipinski definition) is 4. The van der Waals surface area contributed by atoms with E-state index in [9.17, 15) is 9.90 Å². The molecule has 0 bridgehead atoms. The smallest absolute Gasteiger partial charge is 0.309 e. The fourth-order valence-electron chi connectivity index (χ4n) is 0.954. The molecule has 0 spiro atoms. The van der Waals surface area contributed by atoms with Crippen LogP contribution in [0.25, 0.3) is 0 Å². The van der Waals surface area contributed by atoms with Crippen LogP contribution in [0.5, 0.6) is 0 Å². The van der Waals surface area contributed by atoms with Gasteiger partial charge in [0.25, 0.3) is 0 Å². The average Bonchev–Trinajstić information content (AvgIpc) is 1.97. The van der Waals surface area contributed by atoms with Crippen LogP contribution in [0.4, 0.5) is 0 Å². The van der Waals surface area contributed by atoms with E-state index in [1.807, 2.05) is 0 Å². The lowest BCUT2D eigenvalue weighted by atomic mass is 9.94. The van der Waals surface area contributed by atoms with Gasteiger partial charge in [-0.3, -0.25) is 4.79 Å². The second kappa shape index (κ2) is 4.77. The Morgan fingerprint density at radius 3 is 2.13 bits per heavy atom. The number of rotatable bonds is 4. The topological polar surface area (TPSA) is 66.8 Å². The van der Waals surface area contributed by atoms with Crippen molar-refractivity contribution in [3.8, 4) is 0 Å². The Labute approximate surface area is 90.6 Å². The van der Waals surface area contributed by atoms with Gasteiger partial charge in [0, 0.05) is 0 Å². The van der Waals surface area contributed by atoms with Crippen molar-refractivity contribution >= 4 is 5.97 Å². The summed E-state index contributed by atoms with van der Waals surface area (Å²) in [5.74, 6) is -0.512. The van der Waals surface area contributed by atoms with Crippen molar-refractivity contribution < 1.29 is 19.7 Å². The van der Waals surface area contributed by atoms with E-state index in [1.54, 1.807) is 20.8 Å². The number of carbonyl (C=O) groups excluding carboxylic acids is 1. The SMILES string of the molecule is C=C(CO)C(C)(O)CC(=O)OC(C)(C)C. The van der Waals surface area contributed by atoms with Crippen molar-refractivity contribution in [2.24, 2.45) is 0 Å². The largest absolute Gasteiger partial charge is 0.460 e. The van der Waals surface area contributed by atoms with Crippen molar-refractivity contribution in [1.82, 2.24) is 0 Å². The van der Waals surface area contributed by atoms with Gasteiger partial charge < -0.3 is 14.9 Å². The van der Waals surface area contributed by atoms with Gasteiger partial charge in [0.05, 0.1) is 18.6 Å². The second-order valence-electron chi connectivity index (χ2n) is 4.80. The molecule has 0 aromatic heterocycles. The summed E-state index contributed by atoms with van der Waals surface area (Å²) >= 11 is 0. The van der Waals surface area contributed by atoms with Crippen LogP contribution >= 0.6 is 0 Å². The second-order valence-corrected chi connectivity index (χ2v) is 4.80. The Bertz CT molecular complexity index is 248. The Hall–Kier alpha value is -0.870. The minimum absolute atomic E-state index is 0.202. The Morgan fingerprint density at radius 2 is 1.80 bits per heavy atom. The maximum atomic E-state index is 11.4. The molecule has 0 radical (unpaired) electrons. The molecule has 0 amide bonds. The third-order valence-electron chi connectivity index (χ3n) is 1.86. The zero-order valence-electron chi connectivity index (χ0n) is 9.83. The predicted octanol–water partition coefficient (Wildman–Crippen LogP) is 1.02. The van der Waals surface area contributed by atoms with Gasteiger partial charge in [-0.1, -0.05) is 6.58 Å². The number of carbonyl (C=O) groups is 1. The average molecular weight is 216 g/mol. The van der Waals surface area contributed by atoms with Crippen LogP contribution in [-0.2, 0) is 9.53 Å². The molecule has 0 aliphatic rings. The molecule has 0 aliphatic carbocycles. The van der Waals surface area contributed by atoms with Gasteiger partial charge >= 0.3 is 5.97 Å². The van der Waals surface area contributed by atoms with E-state index in [1.165, 1.54) is 6.92 Å². The minimum Gasteiger partial charge on any atom is -0.460 e. The first-order valence-electron chi connectivity index (χ1n) is 4.82. The molecular formula is C11H20O4. The zero-order valence-corrected chi connectivity index (χ0v) is 9.83. The third-order valence-corrected chi connectivity index (χ3v) is 1.86. The summed E-state index contributed by atoms with van der Waals surface area (Å²) in [6, 6.07) is 0. The molecule has 0 aliphatic heterocycles. The van der Waals surface area contributed by atoms with Crippen LogP contribution in [0.2, 0.25) is 0 Å². The Kier molecular flexibility index (Phi) is 4.49. The molecule has 0 saturated carbocycles. The summed E-state index contributed by atoms with van der Waals surface area (Å²) in [5, 5.41) is 18.6. The van der Waals surface area contributed by atoms with E-state index in [4.69, 9.17) is 9.84 Å². The quantitative estimate of drug-likeness (QED) is 0.544. The summed E-state index contributed by atoms with van der Waals surface area (Å²) in [4.78, 5) is 11.4. The lowest BCUT2D eigenvalue weighted by Crippen LogP contribution is -2.34. The molecule has 4 nitrogen and oxygen atoms in total. The zero-order chi connectivity index (χ0) is 12.3. The van der Waals surface area contributed by atoms with Crippen molar-refractivity contribution in [1.29, 1.82) is 0 Å². The van der Waals surface area contributed by atoms with Gasteiger partial charge in [-0.2, -0.15) is 0 Å². The van der Waals surface area contributed by atoms with Gasteiger partial charge in [-0.15, -0.1) is 0 Å². The summed E-state index contributed by atoms with van der Waals surface area (Å²) in [7, 11) is 0. The summed E-state index contributed by atoms with van der Waals surface area (Å²) in [5.41, 5.74) is -1.79. The minimum atomic E-state index is -1.42. The fourth-order valence-corrected chi connectivity index (χ4v) is 0.954. The van der Waals surface area contributed by atoms with Crippen molar-refractivity contribution in [3.63, 3.8) is 0 Å². The maximum Gasteiger partial charge on any atom is 0.309 e. The number of aliphatic hydroxyl groups excluding tert-OH is 1. The van der Waals surface area contributed by atoms with Crippen LogP contribution < -0.4 is 0 Å². The molecule has 88 valence electrons.